The molecule has 0 aliphatic rings. The van der Waals surface area contributed by atoms with Crippen LogP contribution in [-0.2, 0) is 17.8 Å². The minimum absolute atomic E-state index is 0.0235. The second-order valence-corrected chi connectivity index (χ2v) is 10.7. The number of thiophene rings is 1. The van der Waals surface area contributed by atoms with Crippen LogP contribution < -0.4 is 19.5 Å². The van der Waals surface area contributed by atoms with E-state index in [0.29, 0.717) is 49.0 Å². The average molecular weight is 554 g/mol. The monoisotopic (exact) mass is 553 g/mol. The number of rotatable bonds is 13. The zero-order valence-corrected chi connectivity index (χ0v) is 24.5. The number of carbonyl (C=O) groups is 2. The molecule has 1 aromatic heterocycles. The summed E-state index contributed by atoms with van der Waals surface area (Å²) in [6.07, 6.45) is 0.636. The molecule has 9 heteroatoms. The number of hydrogen-bond acceptors (Lipinski definition) is 6. The Morgan fingerprint density at radius 1 is 0.949 bits per heavy atom. The number of carbonyl (C=O) groups excluding carboxylic acids is 2. The molecule has 0 radical (unpaired) electrons. The minimum atomic E-state index is -0.322. The largest absolute Gasteiger partial charge is 0.497 e. The number of aryl methyl sites for hydroxylation is 1. The summed E-state index contributed by atoms with van der Waals surface area (Å²) in [5.41, 5.74) is 2.79. The number of nitrogens with zero attached hydrogens (tertiary/aromatic N) is 2. The number of methoxy groups -OCH3 is 3. The van der Waals surface area contributed by atoms with Crippen molar-refractivity contribution in [2.45, 2.75) is 33.7 Å². The van der Waals surface area contributed by atoms with Crippen molar-refractivity contribution in [3.8, 4) is 17.2 Å². The second kappa shape index (κ2) is 14.4. The number of nitrogens with one attached hydrogen (secondary N) is 1. The summed E-state index contributed by atoms with van der Waals surface area (Å²) in [6.45, 7) is 7.52. The van der Waals surface area contributed by atoms with Gasteiger partial charge in [0.1, 0.15) is 12.3 Å². The van der Waals surface area contributed by atoms with Crippen LogP contribution in [0, 0.1) is 12.8 Å². The molecule has 0 fully saturated rings. The molecule has 3 amide bonds. The van der Waals surface area contributed by atoms with Crippen LogP contribution in [0.25, 0.3) is 0 Å². The highest BCUT2D eigenvalue weighted by molar-refractivity contribution is 7.10. The highest BCUT2D eigenvalue weighted by Gasteiger charge is 2.23. The van der Waals surface area contributed by atoms with E-state index in [1.165, 1.54) is 0 Å². The van der Waals surface area contributed by atoms with E-state index >= 15 is 0 Å². The van der Waals surface area contributed by atoms with Gasteiger partial charge in [-0.1, -0.05) is 26.0 Å². The third-order valence-electron chi connectivity index (χ3n) is 6.29. The van der Waals surface area contributed by atoms with Crippen molar-refractivity contribution in [3.05, 3.63) is 69.9 Å². The van der Waals surface area contributed by atoms with Crippen molar-refractivity contribution in [1.82, 2.24) is 9.80 Å². The van der Waals surface area contributed by atoms with E-state index in [-0.39, 0.29) is 24.4 Å². The molecule has 0 bridgehead atoms. The molecule has 3 aromatic rings. The smallest absolute Gasteiger partial charge is 0.322 e. The SMILES string of the molecule is COc1cccc(NC(=O)N(CC(=O)N(CCc2ccc(OC)c(OC)c2)Cc2sccc2C)CC(C)C)c1. The molecule has 0 unspecified atom stereocenters. The molecule has 2 aromatic carbocycles. The Balaban J connectivity index is 1.78. The number of urea groups is 1. The topological polar surface area (TPSA) is 80.3 Å². The fourth-order valence-corrected chi connectivity index (χ4v) is 5.08. The molecule has 210 valence electrons. The molecule has 1 N–H and O–H groups in total. The quantitative estimate of drug-likeness (QED) is 0.288. The van der Waals surface area contributed by atoms with Crippen LogP contribution in [0.15, 0.2) is 53.9 Å². The Hall–Kier alpha value is -3.72. The Morgan fingerprint density at radius 2 is 1.72 bits per heavy atom. The molecular formula is C30H39N3O5S. The third-order valence-corrected chi connectivity index (χ3v) is 7.30. The number of amides is 3. The zero-order chi connectivity index (χ0) is 28.4. The first-order valence-corrected chi connectivity index (χ1v) is 13.8. The van der Waals surface area contributed by atoms with Gasteiger partial charge in [-0.2, -0.15) is 0 Å². The van der Waals surface area contributed by atoms with E-state index in [1.54, 1.807) is 49.7 Å². The van der Waals surface area contributed by atoms with Gasteiger partial charge in [-0.05, 0) is 66.1 Å². The molecule has 8 nitrogen and oxygen atoms in total. The van der Waals surface area contributed by atoms with Gasteiger partial charge in [-0.25, -0.2) is 4.79 Å². The van der Waals surface area contributed by atoms with Crippen LogP contribution >= 0.6 is 11.3 Å². The first kappa shape index (κ1) is 29.8. The Kier molecular flexibility index (Phi) is 11.0. The highest BCUT2D eigenvalue weighted by atomic mass is 32.1. The molecule has 39 heavy (non-hydrogen) atoms. The van der Waals surface area contributed by atoms with Gasteiger partial charge >= 0.3 is 6.03 Å². The van der Waals surface area contributed by atoms with Crippen molar-refractivity contribution < 1.29 is 23.8 Å². The molecule has 3 rings (SSSR count). The van der Waals surface area contributed by atoms with Crippen molar-refractivity contribution in [2.75, 3.05) is 46.3 Å². The molecule has 0 aliphatic carbocycles. The summed E-state index contributed by atoms with van der Waals surface area (Å²) < 4.78 is 16.1. The average Bonchev–Trinajstić information content (AvgIpc) is 3.34. The zero-order valence-electron chi connectivity index (χ0n) is 23.7. The van der Waals surface area contributed by atoms with Crippen LogP contribution in [0.5, 0.6) is 17.2 Å². The second-order valence-electron chi connectivity index (χ2n) is 9.72. The lowest BCUT2D eigenvalue weighted by Gasteiger charge is -2.29. The summed E-state index contributed by atoms with van der Waals surface area (Å²) in [5.74, 6) is 2.04. The predicted octanol–water partition coefficient (Wildman–Crippen LogP) is 5.84. The van der Waals surface area contributed by atoms with E-state index in [9.17, 15) is 9.59 Å². The van der Waals surface area contributed by atoms with Crippen molar-refractivity contribution in [3.63, 3.8) is 0 Å². The molecule has 0 saturated carbocycles. The van der Waals surface area contributed by atoms with Crippen molar-refractivity contribution in [1.29, 1.82) is 0 Å². The van der Waals surface area contributed by atoms with Crippen LogP contribution in [0.4, 0.5) is 10.5 Å². The molecule has 0 saturated heterocycles. The van der Waals surface area contributed by atoms with Crippen LogP contribution in [0.3, 0.4) is 0 Å². The van der Waals surface area contributed by atoms with Crippen LogP contribution in [0.1, 0.15) is 29.9 Å². The Bertz CT molecular complexity index is 1240. The molecule has 1 heterocycles. The van der Waals surface area contributed by atoms with Gasteiger partial charge in [-0.3, -0.25) is 4.79 Å². The lowest BCUT2D eigenvalue weighted by Crippen LogP contribution is -2.46. The minimum Gasteiger partial charge on any atom is -0.497 e. The van der Waals surface area contributed by atoms with Crippen LogP contribution in [-0.4, -0.2) is 62.7 Å². The first-order valence-electron chi connectivity index (χ1n) is 13.0. The van der Waals surface area contributed by atoms with Gasteiger partial charge < -0.3 is 29.3 Å². The van der Waals surface area contributed by atoms with Crippen molar-refractivity contribution in [2.24, 2.45) is 5.92 Å². The normalized spacial score (nSPS) is 10.7. The third kappa shape index (κ3) is 8.64. The Labute approximate surface area is 235 Å². The summed E-state index contributed by atoms with van der Waals surface area (Å²) in [7, 11) is 4.79. The van der Waals surface area contributed by atoms with Gasteiger partial charge in [0.25, 0.3) is 0 Å². The fraction of sp³-hybridized carbons (Fsp3) is 0.400. The fourth-order valence-electron chi connectivity index (χ4n) is 4.16. The van der Waals surface area contributed by atoms with Gasteiger partial charge in [-0.15, -0.1) is 11.3 Å². The number of hydrogen-bond donors (Lipinski definition) is 1. The molecule has 0 spiro atoms. The van der Waals surface area contributed by atoms with Crippen molar-refractivity contribution >= 4 is 29.0 Å². The maximum absolute atomic E-state index is 13.7. The van der Waals surface area contributed by atoms with E-state index in [1.807, 2.05) is 54.5 Å². The van der Waals surface area contributed by atoms with E-state index in [2.05, 4.69) is 18.3 Å². The van der Waals surface area contributed by atoms with Crippen LogP contribution in [0.2, 0.25) is 0 Å². The Morgan fingerprint density at radius 3 is 2.36 bits per heavy atom. The van der Waals surface area contributed by atoms with Gasteiger partial charge in [0.15, 0.2) is 11.5 Å². The number of ether oxygens (including phenoxy) is 3. The lowest BCUT2D eigenvalue weighted by molar-refractivity contribution is -0.132. The standard InChI is InChI=1S/C30H39N3O5S/c1-21(2)18-33(30(35)31-24-8-7-9-25(17-24)36-4)20-29(34)32(19-28-22(3)13-15-39-28)14-12-23-10-11-26(37-5)27(16-23)38-6/h7-11,13,15-17,21H,12,14,18-20H2,1-6H3,(H,31,35). The van der Waals surface area contributed by atoms with E-state index in [4.69, 9.17) is 14.2 Å². The summed E-state index contributed by atoms with van der Waals surface area (Å²) in [4.78, 5) is 31.5. The summed E-state index contributed by atoms with van der Waals surface area (Å²) in [6, 6.07) is 14.7. The van der Waals surface area contributed by atoms with Gasteiger partial charge in [0.05, 0.1) is 27.9 Å². The maximum Gasteiger partial charge on any atom is 0.322 e. The van der Waals surface area contributed by atoms with Gasteiger partial charge in [0.2, 0.25) is 5.91 Å². The lowest BCUT2D eigenvalue weighted by atomic mass is 10.1. The highest BCUT2D eigenvalue weighted by Crippen LogP contribution is 2.28. The number of anilines is 1. The van der Waals surface area contributed by atoms with E-state index < -0.39 is 0 Å². The first-order chi connectivity index (χ1) is 18.7. The molecular weight excluding hydrogens is 514 g/mol. The molecule has 0 atom stereocenters. The summed E-state index contributed by atoms with van der Waals surface area (Å²) in [5, 5.41) is 4.95. The predicted molar refractivity (Wildman–Crippen MR) is 156 cm³/mol. The van der Waals surface area contributed by atoms with E-state index in [0.717, 1.165) is 16.0 Å². The maximum atomic E-state index is 13.7. The molecule has 0 aliphatic heterocycles. The summed E-state index contributed by atoms with van der Waals surface area (Å²) >= 11 is 1.63. The van der Waals surface area contributed by atoms with Gasteiger partial charge in [0, 0.05) is 29.7 Å². The number of benzene rings is 2.